The molecular weight excluding hydrogens is 238 g/mol. The normalized spacial score (nSPS) is 8.57. The molecule has 0 unspecified atom stereocenters. The van der Waals surface area contributed by atoms with E-state index in [0.717, 1.165) is 0 Å². The molecule has 0 saturated carbocycles. The molecule has 7 heavy (non-hydrogen) atoms. The van der Waals surface area contributed by atoms with Crippen LogP contribution in [0.3, 0.4) is 0 Å². The van der Waals surface area contributed by atoms with Gasteiger partial charge in [-0.2, -0.15) is 0 Å². The third kappa shape index (κ3) is 90.3. The van der Waals surface area contributed by atoms with Gasteiger partial charge in [-0.15, -0.1) is 0 Å². The molecule has 0 aromatic carbocycles. The standard InChI is InChI=1S/Mg.H4O4Si.Sb.5H/c;1-5(2,3)4;;;;;;/h;1-4H;;;;;;. The predicted molar refractivity (Wildman–Crippen MR) is 33.1 cm³/mol. The average Bonchev–Trinajstić information content (AvgIpc) is 0.722. The summed E-state index contributed by atoms with van der Waals surface area (Å²) in [6.45, 7) is 0. The van der Waals surface area contributed by atoms with E-state index in [1.165, 1.54) is 0 Å². The summed E-state index contributed by atoms with van der Waals surface area (Å²) >= 11 is 0. The molecule has 44 valence electrons. The Morgan fingerprint density at radius 2 is 0.857 bits per heavy atom. The van der Waals surface area contributed by atoms with Gasteiger partial charge in [0.15, 0.2) is 0 Å². The number of hydrogen-bond acceptors (Lipinski definition) is 4. The van der Waals surface area contributed by atoms with Crippen molar-refractivity contribution < 1.29 is 19.2 Å². The number of rotatable bonds is 0. The Kier molecular flexibility index (Phi) is 13.1. The third-order valence-corrected chi connectivity index (χ3v) is 0. The first-order chi connectivity index (χ1) is 2.00. The van der Waals surface area contributed by atoms with Crippen LogP contribution in [0.5, 0.6) is 0 Å². The van der Waals surface area contributed by atoms with Crippen LogP contribution in [0, 0.1) is 0 Å². The molecule has 0 rings (SSSR count). The van der Waals surface area contributed by atoms with Crippen molar-refractivity contribution in [1.82, 2.24) is 0 Å². The monoisotopic (exact) mass is 246 g/mol. The molecule has 0 aliphatic heterocycles. The van der Waals surface area contributed by atoms with Crippen LogP contribution in [-0.4, -0.2) is 75.7 Å². The second-order valence-corrected chi connectivity index (χ2v) is 1.80. The molecule has 0 amide bonds. The van der Waals surface area contributed by atoms with Gasteiger partial charge in [-0.3, -0.25) is 0 Å². The fourth-order valence-electron chi connectivity index (χ4n) is 0. The molecule has 0 aromatic rings. The summed E-state index contributed by atoms with van der Waals surface area (Å²) in [4.78, 5) is 29.3. The van der Waals surface area contributed by atoms with Crippen molar-refractivity contribution >= 4 is 56.5 Å². The van der Waals surface area contributed by atoms with Gasteiger partial charge in [-0.05, 0) is 0 Å². The maximum absolute atomic E-state index is 7.33. The van der Waals surface area contributed by atoms with Crippen molar-refractivity contribution in [2.75, 3.05) is 0 Å². The quantitative estimate of drug-likeness (QED) is 0.324. The summed E-state index contributed by atoms with van der Waals surface area (Å²) in [5.41, 5.74) is 0. The first-order valence-corrected chi connectivity index (χ1v) is 2.68. The van der Waals surface area contributed by atoms with Crippen LogP contribution >= 0.6 is 0 Å². The summed E-state index contributed by atoms with van der Waals surface area (Å²) in [5, 5.41) is 0. The van der Waals surface area contributed by atoms with Crippen molar-refractivity contribution in [2.24, 2.45) is 0 Å². The Hall–Kier alpha value is 1.64. The predicted octanol–water partition coefficient (Wildman–Crippen LogP) is -4.71. The van der Waals surface area contributed by atoms with Crippen molar-refractivity contribution in [3.05, 3.63) is 0 Å². The fourth-order valence-corrected chi connectivity index (χ4v) is 0. The van der Waals surface area contributed by atoms with E-state index in [4.69, 9.17) is 19.2 Å². The van der Waals surface area contributed by atoms with Crippen LogP contribution in [0.15, 0.2) is 0 Å². The molecule has 0 saturated heterocycles. The summed E-state index contributed by atoms with van der Waals surface area (Å²) < 4.78 is 0. The van der Waals surface area contributed by atoms with E-state index in [0.29, 0.717) is 0 Å². The van der Waals surface area contributed by atoms with Gasteiger partial charge in [-0.25, -0.2) is 0 Å². The van der Waals surface area contributed by atoms with Crippen LogP contribution < -0.4 is 0 Å². The molecule has 0 bridgehead atoms. The second kappa shape index (κ2) is 5.77. The SMILES string of the molecule is O[Si](O)(O)O.[MgH2].[SbH3]. The van der Waals surface area contributed by atoms with Gasteiger partial charge >= 0.3 is 56.5 Å². The molecule has 0 radical (unpaired) electrons. The first-order valence-electron chi connectivity index (χ1n) is 0.894. The van der Waals surface area contributed by atoms with Crippen molar-refractivity contribution in [3.63, 3.8) is 0 Å². The van der Waals surface area contributed by atoms with Crippen LogP contribution in [0.2, 0.25) is 0 Å². The van der Waals surface area contributed by atoms with Gasteiger partial charge in [0.05, 0.1) is 0 Å². The number of hydrogen-bond donors (Lipinski definition) is 4. The fraction of sp³-hybridized carbons (Fsp3) is 0. The zero-order chi connectivity index (χ0) is 4.50. The van der Waals surface area contributed by atoms with Crippen LogP contribution in [0.25, 0.3) is 0 Å². The van der Waals surface area contributed by atoms with Crippen LogP contribution in [0.4, 0.5) is 0 Å². The Balaban J connectivity index is -0.0000000800. The van der Waals surface area contributed by atoms with E-state index in [1.54, 1.807) is 0 Å². The summed E-state index contributed by atoms with van der Waals surface area (Å²) in [7, 11) is -4.61. The van der Waals surface area contributed by atoms with E-state index in [1.807, 2.05) is 0 Å². The van der Waals surface area contributed by atoms with Crippen LogP contribution in [-0.2, 0) is 0 Å². The Morgan fingerprint density at radius 3 is 0.857 bits per heavy atom. The molecule has 4 N–H and O–H groups in total. The molecule has 0 aliphatic rings. The van der Waals surface area contributed by atoms with E-state index in [2.05, 4.69) is 0 Å². The minimum atomic E-state index is -4.61. The van der Waals surface area contributed by atoms with Crippen molar-refractivity contribution in [3.8, 4) is 0 Å². The molecule has 4 nitrogen and oxygen atoms in total. The Morgan fingerprint density at radius 1 is 0.857 bits per heavy atom. The molecule has 0 fully saturated rings. The van der Waals surface area contributed by atoms with E-state index < -0.39 is 9.05 Å². The molecule has 0 aromatic heterocycles. The molecule has 0 atom stereocenters. The van der Waals surface area contributed by atoms with E-state index in [9.17, 15) is 0 Å². The first kappa shape index (κ1) is 15.9. The summed E-state index contributed by atoms with van der Waals surface area (Å²) in [6.07, 6.45) is 0. The van der Waals surface area contributed by atoms with Gasteiger partial charge in [-0.1, -0.05) is 0 Å². The van der Waals surface area contributed by atoms with Gasteiger partial charge < -0.3 is 19.2 Å². The topological polar surface area (TPSA) is 80.9 Å². The van der Waals surface area contributed by atoms with Gasteiger partial charge in [0.1, 0.15) is 0 Å². The average molecular weight is 247 g/mol. The van der Waals surface area contributed by atoms with Crippen molar-refractivity contribution in [2.45, 2.75) is 0 Å². The van der Waals surface area contributed by atoms with Crippen molar-refractivity contribution in [1.29, 1.82) is 0 Å². The van der Waals surface area contributed by atoms with Gasteiger partial charge in [0.25, 0.3) is 0 Å². The van der Waals surface area contributed by atoms with Gasteiger partial charge in [0.2, 0.25) is 0 Å². The van der Waals surface area contributed by atoms with Crippen LogP contribution in [0.1, 0.15) is 0 Å². The molecular formula is H9MgO4SbSi. The molecule has 0 heterocycles. The molecule has 7 heteroatoms. The Labute approximate surface area is 75.3 Å². The zero-order valence-electron chi connectivity index (χ0n) is 3.00. The summed E-state index contributed by atoms with van der Waals surface area (Å²) in [5.74, 6) is 0. The zero-order valence-corrected chi connectivity index (χ0v) is 8.03. The third-order valence-electron chi connectivity index (χ3n) is 0. The molecule has 0 aliphatic carbocycles. The van der Waals surface area contributed by atoms with Gasteiger partial charge in [0, 0.05) is 0 Å². The molecule has 0 spiro atoms. The second-order valence-electron chi connectivity index (χ2n) is 0.600. The Bertz CT molecular complexity index is 27.2. The van der Waals surface area contributed by atoms with E-state index in [-0.39, 0.29) is 47.5 Å². The van der Waals surface area contributed by atoms with E-state index >= 15 is 0 Å². The minimum absolute atomic E-state index is 0. The maximum atomic E-state index is 7.33. The summed E-state index contributed by atoms with van der Waals surface area (Å²) in [6, 6.07) is 0.